The molecule has 0 aromatic carbocycles. The molecule has 114 valence electrons. The fourth-order valence-electron chi connectivity index (χ4n) is 1.71. The van der Waals surface area contributed by atoms with Crippen LogP contribution in [0.3, 0.4) is 0 Å². The topological polar surface area (TPSA) is 82.2 Å². The van der Waals surface area contributed by atoms with Crippen LogP contribution in [0.15, 0.2) is 12.3 Å². The molecule has 1 aromatic heterocycles. The summed E-state index contributed by atoms with van der Waals surface area (Å²) in [5, 5.41) is 7.23. The van der Waals surface area contributed by atoms with Gasteiger partial charge in [-0.3, -0.25) is 4.68 Å². The van der Waals surface area contributed by atoms with E-state index in [-0.39, 0.29) is 0 Å². The lowest BCUT2D eigenvalue weighted by molar-refractivity contribution is 0.0516. The summed E-state index contributed by atoms with van der Waals surface area (Å²) in [6.07, 6.45) is 1.48. The number of hydrogen-bond acceptors (Lipinski definition) is 4. The lowest BCUT2D eigenvalue weighted by atomic mass is 9.87. The van der Waals surface area contributed by atoms with Gasteiger partial charge in [0.15, 0.2) is 0 Å². The number of alkyl carbamates (subject to hydrolysis) is 1. The molecule has 0 spiro atoms. The Labute approximate surface area is 120 Å². The molecular formula is C14H26N4O2. The second-order valence-electron chi connectivity index (χ2n) is 6.18. The Kier molecular flexibility index (Phi) is 5.16. The number of amides is 1. The van der Waals surface area contributed by atoms with Gasteiger partial charge in [0.05, 0.1) is 5.69 Å². The van der Waals surface area contributed by atoms with Crippen LogP contribution in [0.25, 0.3) is 0 Å². The number of carbonyl (C=O) groups excluding carboxylic acids is 1. The van der Waals surface area contributed by atoms with Gasteiger partial charge in [-0.15, -0.1) is 0 Å². The van der Waals surface area contributed by atoms with Gasteiger partial charge < -0.3 is 15.8 Å². The van der Waals surface area contributed by atoms with Crippen molar-refractivity contribution in [2.75, 3.05) is 13.1 Å². The molecule has 1 heterocycles. The van der Waals surface area contributed by atoms with E-state index in [0.29, 0.717) is 13.1 Å². The second-order valence-corrected chi connectivity index (χ2v) is 6.18. The SMILES string of the molecule is CCn1ccc(C(C)(CN)CNC(=O)OC(C)(C)C)n1. The average Bonchev–Trinajstić information content (AvgIpc) is 2.83. The summed E-state index contributed by atoms with van der Waals surface area (Å²) in [6.45, 7) is 11.1. The van der Waals surface area contributed by atoms with Crippen LogP contribution in [0.5, 0.6) is 0 Å². The summed E-state index contributed by atoms with van der Waals surface area (Å²) in [5.41, 5.74) is 5.82. The van der Waals surface area contributed by atoms with Gasteiger partial charge in [0.1, 0.15) is 5.60 Å². The summed E-state index contributed by atoms with van der Waals surface area (Å²) in [5.74, 6) is 0. The normalized spacial score (nSPS) is 14.7. The van der Waals surface area contributed by atoms with Crippen molar-refractivity contribution in [3.05, 3.63) is 18.0 Å². The van der Waals surface area contributed by atoms with E-state index >= 15 is 0 Å². The number of rotatable bonds is 5. The Hall–Kier alpha value is -1.56. The first-order valence-corrected chi connectivity index (χ1v) is 6.91. The zero-order chi connectivity index (χ0) is 15.4. The van der Waals surface area contributed by atoms with Crippen LogP contribution in [-0.4, -0.2) is 34.6 Å². The number of nitrogens with two attached hydrogens (primary N) is 1. The molecule has 1 unspecified atom stereocenters. The summed E-state index contributed by atoms with van der Waals surface area (Å²) in [6, 6.07) is 1.94. The van der Waals surface area contributed by atoms with Crippen molar-refractivity contribution in [1.29, 1.82) is 0 Å². The number of hydrogen-bond donors (Lipinski definition) is 2. The standard InChI is InChI=1S/C14H26N4O2/c1-6-18-8-7-11(17-18)14(5,9-15)10-16-12(19)20-13(2,3)4/h7-8H,6,9-10,15H2,1-5H3,(H,16,19). The molecule has 0 aliphatic rings. The first-order valence-electron chi connectivity index (χ1n) is 6.91. The molecule has 20 heavy (non-hydrogen) atoms. The largest absolute Gasteiger partial charge is 0.444 e. The summed E-state index contributed by atoms with van der Waals surface area (Å²) >= 11 is 0. The van der Waals surface area contributed by atoms with Crippen LogP contribution < -0.4 is 11.1 Å². The second kappa shape index (κ2) is 6.26. The zero-order valence-electron chi connectivity index (χ0n) is 13.1. The third-order valence-electron chi connectivity index (χ3n) is 3.06. The van der Waals surface area contributed by atoms with Gasteiger partial charge in [0.25, 0.3) is 0 Å². The molecule has 1 atom stereocenters. The van der Waals surface area contributed by atoms with Crippen LogP contribution >= 0.6 is 0 Å². The van der Waals surface area contributed by atoms with Crippen molar-refractivity contribution in [3.8, 4) is 0 Å². The van der Waals surface area contributed by atoms with E-state index in [1.165, 1.54) is 0 Å². The van der Waals surface area contributed by atoms with Crippen LogP contribution in [0.2, 0.25) is 0 Å². The van der Waals surface area contributed by atoms with Crippen LogP contribution in [0.4, 0.5) is 4.79 Å². The molecule has 6 nitrogen and oxygen atoms in total. The van der Waals surface area contributed by atoms with E-state index < -0.39 is 17.1 Å². The molecule has 0 fully saturated rings. The van der Waals surface area contributed by atoms with E-state index in [1.54, 1.807) is 0 Å². The van der Waals surface area contributed by atoms with E-state index in [2.05, 4.69) is 10.4 Å². The van der Waals surface area contributed by atoms with Crippen molar-refractivity contribution in [1.82, 2.24) is 15.1 Å². The Balaban J connectivity index is 2.68. The highest BCUT2D eigenvalue weighted by Crippen LogP contribution is 2.20. The van der Waals surface area contributed by atoms with Crippen molar-refractivity contribution < 1.29 is 9.53 Å². The molecule has 0 radical (unpaired) electrons. The molecule has 0 saturated carbocycles. The monoisotopic (exact) mass is 282 g/mol. The van der Waals surface area contributed by atoms with E-state index in [4.69, 9.17) is 10.5 Å². The smallest absolute Gasteiger partial charge is 0.407 e. The van der Waals surface area contributed by atoms with Crippen LogP contribution in [0.1, 0.15) is 40.3 Å². The minimum absolute atomic E-state index is 0.388. The Morgan fingerprint density at radius 1 is 1.45 bits per heavy atom. The maximum Gasteiger partial charge on any atom is 0.407 e. The van der Waals surface area contributed by atoms with Gasteiger partial charge in [-0.05, 0) is 33.8 Å². The Morgan fingerprint density at radius 3 is 2.55 bits per heavy atom. The first-order chi connectivity index (χ1) is 9.20. The van der Waals surface area contributed by atoms with Crippen molar-refractivity contribution >= 4 is 6.09 Å². The lowest BCUT2D eigenvalue weighted by Gasteiger charge is -2.27. The quantitative estimate of drug-likeness (QED) is 0.860. The van der Waals surface area contributed by atoms with Gasteiger partial charge in [-0.2, -0.15) is 5.10 Å². The van der Waals surface area contributed by atoms with Gasteiger partial charge in [-0.1, -0.05) is 6.92 Å². The summed E-state index contributed by atoms with van der Waals surface area (Å²) in [4.78, 5) is 11.7. The van der Waals surface area contributed by atoms with Crippen molar-refractivity contribution in [2.24, 2.45) is 5.73 Å². The van der Waals surface area contributed by atoms with Gasteiger partial charge in [-0.25, -0.2) is 4.79 Å². The summed E-state index contributed by atoms with van der Waals surface area (Å²) in [7, 11) is 0. The van der Waals surface area contributed by atoms with E-state index in [9.17, 15) is 4.79 Å². The summed E-state index contributed by atoms with van der Waals surface area (Å²) < 4.78 is 7.07. The third-order valence-corrected chi connectivity index (χ3v) is 3.06. The highest BCUT2D eigenvalue weighted by atomic mass is 16.6. The molecule has 0 aliphatic heterocycles. The maximum absolute atomic E-state index is 11.7. The molecule has 1 amide bonds. The zero-order valence-corrected chi connectivity index (χ0v) is 13.1. The molecule has 6 heteroatoms. The highest BCUT2D eigenvalue weighted by molar-refractivity contribution is 5.67. The number of ether oxygens (including phenoxy) is 1. The minimum atomic E-state index is -0.507. The van der Waals surface area contributed by atoms with E-state index in [1.807, 2.05) is 51.6 Å². The number of aromatic nitrogens is 2. The lowest BCUT2D eigenvalue weighted by Crippen LogP contribution is -2.45. The fourth-order valence-corrected chi connectivity index (χ4v) is 1.71. The maximum atomic E-state index is 11.7. The first kappa shape index (κ1) is 16.5. The van der Waals surface area contributed by atoms with Gasteiger partial charge in [0.2, 0.25) is 0 Å². The molecule has 3 N–H and O–H groups in total. The molecule has 0 saturated heterocycles. The Bertz CT molecular complexity index is 450. The van der Waals surface area contributed by atoms with Crippen molar-refractivity contribution in [2.45, 2.75) is 52.2 Å². The number of nitrogens with one attached hydrogen (secondary N) is 1. The number of aryl methyl sites for hydroxylation is 1. The average molecular weight is 282 g/mol. The fraction of sp³-hybridized carbons (Fsp3) is 0.714. The molecule has 1 rings (SSSR count). The van der Waals surface area contributed by atoms with Gasteiger partial charge in [0, 0.05) is 31.2 Å². The predicted octanol–water partition coefficient (Wildman–Crippen LogP) is 1.64. The van der Waals surface area contributed by atoms with Gasteiger partial charge >= 0.3 is 6.09 Å². The molecule has 0 bridgehead atoms. The van der Waals surface area contributed by atoms with Crippen LogP contribution in [0, 0.1) is 0 Å². The highest BCUT2D eigenvalue weighted by Gasteiger charge is 2.29. The Morgan fingerprint density at radius 2 is 2.10 bits per heavy atom. The minimum Gasteiger partial charge on any atom is -0.444 e. The molecular weight excluding hydrogens is 256 g/mol. The number of carbonyl (C=O) groups is 1. The third kappa shape index (κ3) is 4.52. The van der Waals surface area contributed by atoms with E-state index in [0.717, 1.165) is 12.2 Å². The van der Waals surface area contributed by atoms with Crippen LogP contribution in [-0.2, 0) is 16.7 Å². The molecule has 1 aromatic rings. The van der Waals surface area contributed by atoms with Crippen molar-refractivity contribution in [3.63, 3.8) is 0 Å². The predicted molar refractivity (Wildman–Crippen MR) is 78.5 cm³/mol. The number of nitrogens with zero attached hydrogens (tertiary/aromatic N) is 2. The molecule has 0 aliphatic carbocycles.